The first-order valence-corrected chi connectivity index (χ1v) is 11.9. The number of carbonyl (C=O) groups is 1. The number of nitrogens with zero attached hydrogens (tertiary/aromatic N) is 5. The Morgan fingerprint density at radius 3 is 2.69 bits per heavy atom. The molecule has 5 aromatic rings. The zero-order chi connectivity index (χ0) is 24.6. The lowest BCUT2D eigenvalue weighted by Crippen LogP contribution is -2.22. The number of anilines is 1. The van der Waals surface area contributed by atoms with E-state index in [0.29, 0.717) is 34.7 Å². The molecule has 182 valence electrons. The second kappa shape index (κ2) is 9.04. The number of nitrogen functional groups attached to an aromatic ring is 1. The Morgan fingerprint density at radius 2 is 1.89 bits per heavy atom. The first kappa shape index (κ1) is 22.2. The third-order valence-corrected chi connectivity index (χ3v) is 6.81. The summed E-state index contributed by atoms with van der Waals surface area (Å²) in [6.07, 6.45) is 5.70. The van der Waals surface area contributed by atoms with Gasteiger partial charge in [0.15, 0.2) is 17.6 Å². The van der Waals surface area contributed by atoms with Gasteiger partial charge in [-0.3, -0.25) is 4.79 Å². The van der Waals surface area contributed by atoms with Crippen molar-refractivity contribution in [2.75, 3.05) is 5.73 Å². The van der Waals surface area contributed by atoms with Crippen LogP contribution in [0.2, 0.25) is 0 Å². The van der Waals surface area contributed by atoms with Crippen LogP contribution in [0.5, 0.6) is 0 Å². The Bertz CT molecular complexity index is 1550. The normalized spacial score (nSPS) is 18.0. The van der Waals surface area contributed by atoms with Crippen LogP contribution in [0.3, 0.4) is 0 Å². The first-order valence-electron chi connectivity index (χ1n) is 11.9. The minimum atomic E-state index is -0.251. The molecular weight excluding hydrogens is 458 g/mol. The molecule has 1 fully saturated rings. The van der Waals surface area contributed by atoms with Gasteiger partial charge < -0.3 is 20.6 Å². The molecule has 10 heteroatoms. The van der Waals surface area contributed by atoms with E-state index in [4.69, 9.17) is 15.2 Å². The van der Waals surface area contributed by atoms with Crippen LogP contribution >= 0.6 is 0 Å². The molecule has 3 aromatic heterocycles. The summed E-state index contributed by atoms with van der Waals surface area (Å²) in [7, 11) is 0. The Morgan fingerprint density at radius 1 is 1.08 bits per heavy atom. The Hall–Kier alpha value is -4.31. The molecule has 0 saturated heterocycles. The van der Waals surface area contributed by atoms with Gasteiger partial charge in [0.1, 0.15) is 23.4 Å². The number of oxazole rings is 1. The molecule has 10 nitrogen and oxygen atoms in total. The van der Waals surface area contributed by atoms with Crippen molar-refractivity contribution in [3.05, 3.63) is 66.3 Å². The topological polar surface area (TPSA) is 145 Å². The van der Waals surface area contributed by atoms with Crippen molar-refractivity contribution in [2.24, 2.45) is 0 Å². The fourth-order valence-electron chi connectivity index (χ4n) is 4.88. The average Bonchev–Trinajstić information content (AvgIpc) is 3.54. The second-order valence-corrected chi connectivity index (χ2v) is 9.10. The van der Waals surface area contributed by atoms with Gasteiger partial charge in [0.05, 0.1) is 23.1 Å². The minimum Gasteiger partial charge on any atom is -0.443 e. The molecule has 1 amide bonds. The lowest BCUT2D eigenvalue weighted by Gasteiger charge is -2.25. The van der Waals surface area contributed by atoms with Crippen LogP contribution < -0.4 is 11.1 Å². The third-order valence-electron chi connectivity index (χ3n) is 6.81. The van der Waals surface area contributed by atoms with Gasteiger partial charge in [0.2, 0.25) is 0 Å². The molecule has 1 saturated carbocycles. The van der Waals surface area contributed by atoms with Crippen molar-refractivity contribution in [3.8, 4) is 11.3 Å². The molecule has 1 aliphatic carbocycles. The second-order valence-electron chi connectivity index (χ2n) is 9.10. The highest BCUT2D eigenvalue weighted by Crippen LogP contribution is 2.36. The first-order chi connectivity index (χ1) is 17.6. The molecular formula is C26H25N7O3. The zero-order valence-corrected chi connectivity index (χ0v) is 19.5. The van der Waals surface area contributed by atoms with E-state index in [1.807, 2.05) is 28.9 Å². The number of aromatic nitrogens is 5. The van der Waals surface area contributed by atoms with E-state index >= 15 is 0 Å². The largest absolute Gasteiger partial charge is 0.443 e. The van der Waals surface area contributed by atoms with E-state index in [9.17, 15) is 9.90 Å². The number of hydrogen-bond acceptors (Lipinski definition) is 8. The average molecular weight is 484 g/mol. The predicted molar refractivity (Wildman–Crippen MR) is 134 cm³/mol. The molecule has 0 radical (unpaired) electrons. The number of aliphatic hydroxyl groups is 1. The third kappa shape index (κ3) is 3.95. The maximum Gasteiger partial charge on any atom is 0.255 e. The Labute approximate surface area is 206 Å². The SMILES string of the molecule is Nc1ncnc2c1c(-c1ccc(CNC(=O)c3cccc4ncoc34)cc1)nn2C1CCC(O)CC1. The maximum absolute atomic E-state index is 12.7. The fourth-order valence-corrected chi connectivity index (χ4v) is 4.88. The van der Waals surface area contributed by atoms with Crippen molar-refractivity contribution in [3.63, 3.8) is 0 Å². The number of benzene rings is 2. The highest BCUT2D eigenvalue weighted by Gasteiger charge is 2.26. The van der Waals surface area contributed by atoms with Crippen molar-refractivity contribution in [1.29, 1.82) is 0 Å². The number of hydrogen-bond donors (Lipinski definition) is 3. The number of fused-ring (bicyclic) bond motifs is 2. The van der Waals surface area contributed by atoms with Crippen LogP contribution in [-0.2, 0) is 6.54 Å². The summed E-state index contributed by atoms with van der Waals surface area (Å²) in [6, 6.07) is 13.3. The molecule has 0 unspecified atom stereocenters. The van der Waals surface area contributed by atoms with Crippen LogP contribution in [0.1, 0.15) is 47.6 Å². The quantitative estimate of drug-likeness (QED) is 0.344. The van der Waals surface area contributed by atoms with Gasteiger partial charge in [0, 0.05) is 12.1 Å². The molecule has 0 bridgehead atoms. The van der Waals surface area contributed by atoms with Crippen molar-refractivity contribution < 1.29 is 14.3 Å². The number of amides is 1. The van der Waals surface area contributed by atoms with E-state index in [1.165, 1.54) is 12.7 Å². The van der Waals surface area contributed by atoms with Crippen molar-refractivity contribution in [2.45, 2.75) is 44.4 Å². The number of para-hydroxylation sites is 1. The summed E-state index contributed by atoms with van der Waals surface area (Å²) in [5, 5.41) is 18.5. The van der Waals surface area contributed by atoms with Crippen LogP contribution in [0.25, 0.3) is 33.4 Å². The van der Waals surface area contributed by atoms with Crippen molar-refractivity contribution >= 4 is 33.9 Å². The van der Waals surface area contributed by atoms with Gasteiger partial charge >= 0.3 is 0 Å². The van der Waals surface area contributed by atoms with Gasteiger partial charge in [0.25, 0.3) is 5.91 Å². The molecule has 6 rings (SSSR count). The van der Waals surface area contributed by atoms with Crippen molar-refractivity contribution in [1.82, 2.24) is 30.0 Å². The number of carbonyl (C=O) groups excluding carboxylic acids is 1. The number of rotatable bonds is 5. The monoisotopic (exact) mass is 483 g/mol. The van der Waals surface area contributed by atoms with Crippen LogP contribution in [0.4, 0.5) is 5.82 Å². The molecule has 2 aromatic carbocycles. The lowest BCUT2D eigenvalue weighted by atomic mass is 9.93. The van der Waals surface area contributed by atoms with E-state index in [2.05, 4.69) is 20.3 Å². The Kier molecular flexibility index (Phi) is 5.57. The van der Waals surface area contributed by atoms with E-state index < -0.39 is 0 Å². The maximum atomic E-state index is 12.7. The molecule has 4 N–H and O–H groups in total. The standard InChI is InChI=1S/C26H25N7O3/c27-24-21-22(32-33(25(21)30-13-29-24)17-8-10-18(34)11-9-17)16-6-4-15(5-7-16)12-28-26(35)19-2-1-3-20-23(19)36-14-31-20/h1-7,13-14,17-18,34H,8-12H2,(H,28,35)(H2,27,29,30). The van der Waals surface area contributed by atoms with Crippen LogP contribution in [0, 0.1) is 0 Å². The Balaban J connectivity index is 1.24. The summed E-state index contributed by atoms with van der Waals surface area (Å²) in [4.78, 5) is 25.5. The highest BCUT2D eigenvalue weighted by molar-refractivity contribution is 6.04. The highest BCUT2D eigenvalue weighted by atomic mass is 16.3. The summed E-state index contributed by atoms with van der Waals surface area (Å²) in [5.41, 5.74) is 11.1. The summed E-state index contributed by atoms with van der Waals surface area (Å²) in [5.74, 6) is 0.156. The molecule has 36 heavy (non-hydrogen) atoms. The van der Waals surface area contributed by atoms with E-state index in [0.717, 1.165) is 47.9 Å². The van der Waals surface area contributed by atoms with Gasteiger partial charge in [-0.25, -0.2) is 19.6 Å². The van der Waals surface area contributed by atoms with E-state index in [-0.39, 0.29) is 18.1 Å². The molecule has 0 spiro atoms. The van der Waals surface area contributed by atoms with E-state index in [1.54, 1.807) is 18.2 Å². The predicted octanol–water partition coefficient (Wildman–Crippen LogP) is 3.62. The summed E-state index contributed by atoms with van der Waals surface area (Å²) >= 11 is 0. The molecule has 0 atom stereocenters. The minimum absolute atomic E-state index is 0.155. The van der Waals surface area contributed by atoms with Gasteiger partial charge in [-0.15, -0.1) is 0 Å². The summed E-state index contributed by atoms with van der Waals surface area (Å²) < 4.78 is 7.31. The van der Waals surface area contributed by atoms with Gasteiger partial charge in [-0.1, -0.05) is 30.3 Å². The fraction of sp³-hybridized carbons (Fsp3) is 0.269. The molecule has 0 aliphatic heterocycles. The van der Waals surface area contributed by atoms with Gasteiger partial charge in [-0.05, 0) is 43.4 Å². The molecule has 1 aliphatic rings. The molecule has 3 heterocycles. The summed E-state index contributed by atoms with van der Waals surface area (Å²) in [6.45, 7) is 0.356. The van der Waals surface area contributed by atoms with Crippen LogP contribution in [0.15, 0.2) is 59.6 Å². The zero-order valence-electron chi connectivity index (χ0n) is 19.5. The van der Waals surface area contributed by atoms with Crippen LogP contribution in [-0.4, -0.2) is 41.9 Å². The smallest absolute Gasteiger partial charge is 0.255 e. The van der Waals surface area contributed by atoms with Gasteiger partial charge in [-0.2, -0.15) is 5.10 Å². The number of nitrogens with one attached hydrogen (secondary N) is 1. The lowest BCUT2D eigenvalue weighted by molar-refractivity contribution is 0.0951. The number of nitrogens with two attached hydrogens (primary N) is 1. The number of aliphatic hydroxyl groups excluding tert-OH is 1.